The summed E-state index contributed by atoms with van der Waals surface area (Å²) in [6.45, 7) is 2.81. The van der Waals surface area contributed by atoms with Crippen LogP contribution in [-0.2, 0) is 0 Å². The molecule has 0 radical (unpaired) electrons. The maximum atomic E-state index is 11.6. The van der Waals surface area contributed by atoms with Gasteiger partial charge in [0, 0.05) is 17.2 Å². The van der Waals surface area contributed by atoms with E-state index in [-0.39, 0.29) is 0 Å². The molecule has 0 bridgehead atoms. The van der Waals surface area contributed by atoms with Gasteiger partial charge in [-0.15, -0.1) is 0 Å². The number of primary amides is 1. The molecule has 1 aromatic heterocycles. The molecule has 0 spiro atoms. The molecular formula is C22H25N3O2. The summed E-state index contributed by atoms with van der Waals surface area (Å²) in [5, 5.41) is 0. The van der Waals surface area contributed by atoms with Crippen molar-refractivity contribution >= 4 is 16.9 Å². The van der Waals surface area contributed by atoms with Gasteiger partial charge in [-0.1, -0.05) is 19.8 Å². The standard InChI is InChI=1S/C22H25N3O2/c1-2-13-27-18-10-7-15(8-11-18)22-24-19-14-16(21(23)26)9-12-20(19)25(22)17-5-3-4-6-17/h7-12,14,17H,2-6,13H2,1H3,(H2,23,26). The molecule has 140 valence electrons. The summed E-state index contributed by atoms with van der Waals surface area (Å²) in [6.07, 6.45) is 5.79. The summed E-state index contributed by atoms with van der Waals surface area (Å²) >= 11 is 0. The number of amides is 1. The fourth-order valence-electron chi connectivity index (χ4n) is 3.91. The minimum Gasteiger partial charge on any atom is -0.494 e. The highest BCUT2D eigenvalue weighted by Crippen LogP contribution is 2.37. The van der Waals surface area contributed by atoms with Crippen LogP contribution < -0.4 is 10.5 Å². The lowest BCUT2D eigenvalue weighted by Gasteiger charge is -2.17. The summed E-state index contributed by atoms with van der Waals surface area (Å²) in [4.78, 5) is 16.4. The molecule has 0 saturated heterocycles. The SMILES string of the molecule is CCCOc1ccc(-c2nc3cc(C(N)=O)ccc3n2C2CCCC2)cc1. The van der Waals surface area contributed by atoms with Crippen molar-refractivity contribution in [3.63, 3.8) is 0 Å². The van der Waals surface area contributed by atoms with E-state index in [1.165, 1.54) is 12.8 Å². The Hall–Kier alpha value is -2.82. The van der Waals surface area contributed by atoms with Crippen LogP contribution in [0.25, 0.3) is 22.4 Å². The molecule has 2 aromatic carbocycles. The largest absolute Gasteiger partial charge is 0.494 e. The Balaban J connectivity index is 1.80. The third kappa shape index (κ3) is 3.42. The lowest BCUT2D eigenvalue weighted by molar-refractivity contribution is 0.100. The number of benzene rings is 2. The third-order valence-electron chi connectivity index (χ3n) is 5.25. The highest BCUT2D eigenvalue weighted by Gasteiger charge is 2.23. The first-order valence-electron chi connectivity index (χ1n) is 9.72. The van der Waals surface area contributed by atoms with Gasteiger partial charge in [-0.05, 0) is 61.7 Å². The van der Waals surface area contributed by atoms with Crippen LogP contribution in [0.1, 0.15) is 55.4 Å². The number of imidazole rings is 1. The Kier molecular flexibility index (Phi) is 4.84. The summed E-state index contributed by atoms with van der Waals surface area (Å²) in [7, 11) is 0. The van der Waals surface area contributed by atoms with Gasteiger partial charge in [0.25, 0.3) is 0 Å². The monoisotopic (exact) mass is 363 g/mol. The van der Waals surface area contributed by atoms with E-state index < -0.39 is 5.91 Å². The fraction of sp³-hybridized carbons (Fsp3) is 0.364. The van der Waals surface area contributed by atoms with E-state index in [0.717, 1.165) is 54.0 Å². The van der Waals surface area contributed by atoms with E-state index in [1.54, 1.807) is 12.1 Å². The van der Waals surface area contributed by atoms with Crippen LogP contribution in [0.3, 0.4) is 0 Å². The molecule has 0 aliphatic heterocycles. The molecular weight excluding hydrogens is 338 g/mol. The molecule has 1 saturated carbocycles. The Bertz CT molecular complexity index is 954. The van der Waals surface area contributed by atoms with Crippen LogP contribution in [-0.4, -0.2) is 22.1 Å². The first kappa shape index (κ1) is 17.6. The molecule has 5 heteroatoms. The molecule has 5 nitrogen and oxygen atoms in total. The van der Waals surface area contributed by atoms with E-state index in [0.29, 0.717) is 11.6 Å². The minimum atomic E-state index is -0.425. The van der Waals surface area contributed by atoms with Gasteiger partial charge in [0.15, 0.2) is 0 Å². The number of nitrogens with two attached hydrogens (primary N) is 1. The number of hydrogen-bond donors (Lipinski definition) is 1. The summed E-state index contributed by atoms with van der Waals surface area (Å²) < 4.78 is 8.04. The molecule has 2 N–H and O–H groups in total. The Morgan fingerprint density at radius 3 is 2.59 bits per heavy atom. The second-order valence-corrected chi connectivity index (χ2v) is 7.18. The van der Waals surface area contributed by atoms with Crippen molar-refractivity contribution in [2.45, 2.75) is 45.1 Å². The number of nitrogens with zero attached hydrogens (tertiary/aromatic N) is 2. The number of hydrogen-bond acceptors (Lipinski definition) is 3. The van der Waals surface area contributed by atoms with Gasteiger partial charge in [-0.2, -0.15) is 0 Å². The second-order valence-electron chi connectivity index (χ2n) is 7.18. The van der Waals surface area contributed by atoms with Crippen molar-refractivity contribution in [1.29, 1.82) is 0 Å². The minimum absolute atomic E-state index is 0.425. The third-order valence-corrected chi connectivity index (χ3v) is 5.25. The average Bonchev–Trinajstić information content (AvgIpc) is 3.33. The molecule has 1 aliphatic carbocycles. The Morgan fingerprint density at radius 2 is 1.93 bits per heavy atom. The smallest absolute Gasteiger partial charge is 0.248 e. The maximum Gasteiger partial charge on any atom is 0.248 e. The topological polar surface area (TPSA) is 70.1 Å². The zero-order valence-electron chi connectivity index (χ0n) is 15.6. The fourth-order valence-corrected chi connectivity index (χ4v) is 3.91. The van der Waals surface area contributed by atoms with Gasteiger partial charge in [-0.3, -0.25) is 4.79 Å². The van der Waals surface area contributed by atoms with Crippen molar-refractivity contribution < 1.29 is 9.53 Å². The molecule has 1 aliphatic rings. The average molecular weight is 363 g/mol. The molecule has 0 atom stereocenters. The van der Waals surface area contributed by atoms with Gasteiger partial charge in [0.1, 0.15) is 11.6 Å². The predicted octanol–water partition coefficient (Wildman–Crippen LogP) is 4.71. The summed E-state index contributed by atoms with van der Waals surface area (Å²) in [5.41, 5.74) is 8.89. The maximum absolute atomic E-state index is 11.6. The number of fused-ring (bicyclic) bond motifs is 1. The molecule has 27 heavy (non-hydrogen) atoms. The lowest BCUT2D eigenvalue weighted by atomic mass is 10.1. The Labute approximate surface area is 159 Å². The van der Waals surface area contributed by atoms with Crippen LogP contribution >= 0.6 is 0 Å². The highest BCUT2D eigenvalue weighted by molar-refractivity contribution is 5.96. The van der Waals surface area contributed by atoms with Crippen LogP contribution in [0.4, 0.5) is 0 Å². The van der Waals surface area contributed by atoms with E-state index in [9.17, 15) is 4.79 Å². The summed E-state index contributed by atoms with van der Waals surface area (Å²) in [5.74, 6) is 1.40. The van der Waals surface area contributed by atoms with Gasteiger partial charge in [0.05, 0.1) is 17.6 Å². The van der Waals surface area contributed by atoms with Crippen LogP contribution in [0.2, 0.25) is 0 Å². The quantitative estimate of drug-likeness (QED) is 0.690. The van der Waals surface area contributed by atoms with E-state index >= 15 is 0 Å². The van der Waals surface area contributed by atoms with E-state index in [1.807, 2.05) is 18.2 Å². The van der Waals surface area contributed by atoms with E-state index in [2.05, 4.69) is 23.6 Å². The van der Waals surface area contributed by atoms with Crippen molar-refractivity contribution in [2.75, 3.05) is 6.61 Å². The van der Waals surface area contributed by atoms with Crippen molar-refractivity contribution in [1.82, 2.24) is 9.55 Å². The van der Waals surface area contributed by atoms with Crippen LogP contribution in [0.15, 0.2) is 42.5 Å². The number of ether oxygens (including phenoxy) is 1. The lowest BCUT2D eigenvalue weighted by Crippen LogP contribution is -2.10. The number of carbonyl (C=O) groups is 1. The molecule has 1 amide bonds. The number of carbonyl (C=O) groups excluding carboxylic acids is 1. The zero-order valence-corrected chi connectivity index (χ0v) is 15.6. The van der Waals surface area contributed by atoms with Gasteiger partial charge in [0.2, 0.25) is 5.91 Å². The highest BCUT2D eigenvalue weighted by atomic mass is 16.5. The predicted molar refractivity (Wildman–Crippen MR) is 107 cm³/mol. The van der Waals surface area contributed by atoms with Crippen molar-refractivity contribution in [2.24, 2.45) is 5.73 Å². The van der Waals surface area contributed by atoms with Crippen molar-refractivity contribution in [3.05, 3.63) is 48.0 Å². The van der Waals surface area contributed by atoms with E-state index in [4.69, 9.17) is 15.5 Å². The molecule has 3 aromatic rings. The number of aromatic nitrogens is 2. The van der Waals surface area contributed by atoms with Gasteiger partial charge >= 0.3 is 0 Å². The van der Waals surface area contributed by atoms with Crippen LogP contribution in [0, 0.1) is 0 Å². The Morgan fingerprint density at radius 1 is 1.19 bits per heavy atom. The van der Waals surface area contributed by atoms with Crippen LogP contribution in [0.5, 0.6) is 5.75 Å². The second kappa shape index (κ2) is 7.43. The zero-order chi connectivity index (χ0) is 18.8. The molecule has 4 rings (SSSR count). The number of rotatable bonds is 6. The normalized spacial score (nSPS) is 14.7. The van der Waals surface area contributed by atoms with Gasteiger partial charge in [-0.25, -0.2) is 4.98 Å². The molecule has 0 unspecified atom stereocenters. The summed E-state index contributed by atoms with van der Waals surface area (Å²) in [6, 6.07) is 14.1. The van der Waals surface area contributed by atoms with Gasteiger partial charge < -0.3 is 15.0 Å². The first-order valence-corrected chi connectivity index (χ1v) is 9.72. The first-order chi connectivity index (χ1) is 13.2. The molecule has 1 heterocycles. The van der Waals surface area contributed by atoms with Crippen molar-refractivity contribution in [3.8, 4) is 17.1 Å². The molecule has 1 fully saturated rings.